The maximum absolute atomic E-state index is 12.5. The summed E-state index contributed by atoms with van der Waals surface area (Å²) in [7, 11) is 0. The van der Waals surface area contributed by atoms with Crippen molar-refractivity contribution in [3.8, 4) is 11.3 Å². The van der Waals surface area contributed by atoms with Crippen molar-refractivity contribution < 1.29 is 4.79 Å². The van der Waals surface area contributed by atoms with Crippen molar-refractivity contribution in [3.63, 3.8) is 0 Å². The first-order chi connectivity index (χ1) is 14.0. The minimum atomic E-state index is 0.0360. The van der Waals surface area contributed by atoms with Crippen molar-refractivity contribution in [1.29, 1.82) is 0 Å². The molecule has 1 amide bonds. The van der Waals surface area contributed by atoms with Crippen LogP contribution in [0.1, 0.15) is 35.2 Å². The summed E-state index contributed by atoms with van der Waals surface area (Å²) in [5.41, 5.74) is 6.79. The van der Waals surface area contributed by atoms with Gasteiger partial charge in [-0.25, -0.2) is 4.98 Å². The van der Waals surface area contributed by atoms with Crippen molar-refractivity contribution >= 4 is 22.2 Å². The standard InChI is InChI=1S/C24H25N3OS/c1-16-9-10-20(11-17(16)2)22-14-27-21(15-29-24(27)26-22)12-23(28)25-13-18(3)19-7-5-4-6-8-19/h4-11,14-15,18H,12-13H2,1-3H3,(H,25,28)/t18-/m1/s1. The van der Waals surface area contributed by atoms with Gasteiger partial charge in [-0.3, -0.25) is 9.20 Å². The third-order valence-electron chi connectivity index (χ3n) is 5.40. The third-order valence-corrected chi connectivity index (χ3v) is 6.29. The van der Waals surface area contributed by atoms with Crippen molar-refractivity contribution in [2.45, 2.75) is 33.1 Å². The fourth-order valence-electron chi connectivity index (χ4n) is 3.39. The van der Waals surface area contributed by atoms with Crippen LogP contribution < -0.4 is 5.32 Å². The summed E-state index contributed by atoms with van der Waals surface area (Å²) < 4.78 is 2.04. The van der Waals surface area contributed by atoms with Crippen LogP contribution in [0.4, 0.5) is 0 Å². The van der Waals surface area contributed by atoms with E-state index in [0.29, 0.717) is 13.0 Å². The predicted molar refractivity (Wildman–Crippen MR) is 120 cm³/mol. The molecule has 2 heterocycles. The molecule has 0 fully saturated rings. The Labute approximate surface area is 175 Å². The lowest BCUT2D eigenvalue weighted by Gasteiger charge is -2.13. The van der Waals surface area contributed by atoms with Crippen LogP contribution in [0.5, 0.6) is 0 Å². The number of rotatable bonds is 6. The second kappa shape index (κ2) is 8.21. The van der Waals surface area contributed by atoms with E-state index in [-0.39, 0.29) is 11.8 Å². The van der Waals surface area contributed by atoms with Gasteiger partial charge in [0.25, 0.3) is 0 Å². The van der Waals surface area contributed by atoms with Crippen LogP contribution in [0.2, 0.25) is 0 Å². The van der Waals surface area contributed by atoms with Gasteiger partial charge >= 0.3 is 0 Å². The summed E-state index contributed by atoms with van der Waals surface area (Å²) in [5, 5.41) is 5.09. The summed E-state index contributed by atoms with van der Waals surface area (Å²) in [4.78, 5) is 18.2. The number of thiazole rings is 1. The number of imidazole rings is 1. The lowest BCUT2D eigenvalue weighted by atomic mass is 10.0. The molecule has 0 saturated heterocycles. The maximum atomic E-state index is 12.5. The molecule has 0 spiro atoms. The van der Waals surface area contributed by atoms with Gasteiger partial charge < -0.3 is 5.32 Å². The van der Waals surface area contributed by atoms with Crippen molar-refractivity contribution in [1.82, 2.24) is 14.7 Å². The molecule has 0 aliphatic carbocycles. The Kier molecular flexibility index (Phi) is 5.49. The van der Waals surface area contributed by atoms with E-state index < -0.39 is 0 Å². The van der Waals surface area contributed by atoms with Crippen LogP contribution >= 0.6 is 11.3 Å². The highest BCUT2D eigenvalue weighted by atomic mass is 32.1. The molecule has 5 heteroatoms. The summed E-state index contributed by atoms with van der Waals surface area (Å²) in [6.07, 6.45) is 2.38. The van der Waals surface area contributed by atoms with Gasteiger partial charge in [-0.1, -0.05) is 49.4 Å². The zero-order valence-electron chi connectivity index (χ0n) is 17.0. The molecule has 29 heavy (non-hydrogen) atoms. The van der Waals surface area contributed by atoms with E-state index in [1.807, 2.05) is 34.2 Å². The van der Waals surface area contributed by atoms with Crippen molar-refractivity contribution in [3.05, 3.63) is 82.5 Å². The zero-order chi connectivity index (χ0) is 20.4. The molecule has 4 rings (SSSR count). The molecular weight excluding hydrogens is 378 g/mol. The highest BCUT2D eigenvalue weighted by Crippen LogP contribution is 2.25. The molecular formula is C24H25N3OS. The molecule has 4 nitrogen and oxygen atoms in total. The topological polar surface area (TPSA) is 46.4 Å². The molecule has 0 bridgehead atoms. The van der Waals surface area contributed by atoms with E-state index in [1.165, 1.54) is 16.7 Å². The quantitative estimate of drug-likeness (QED) is 0.484. The number of nitrogens with zero attached hydrogens (tertiary/aromatic N) is 2. The Balaban J connectivity index is 1.45. The van der Waals surface area contributed by atoms with Gasteiger partial charge in [-0.2, -0.15) is 0 Å². The zero-order valence-corrected chi connectivity index (χ0v) is 17.8. The van der Waals surface area contributed by atoms with Crippen LogP contribution in [0, 0.1) is 13.8 Å². The Bertz CT molecular complexity index is 1140. The SMILES string of the molecule is Cc1ccc(-c2cn3c(CC(=O)NC[C@@H](C)c4ccccc4)csc3n2)cc1C. The van der Waals surface area contributed by atoms with Gasteiger partial charge in [-0.05, 0) is 42.5 Å². The van der Waals surface area contributed by atoms with Crippen LogP contribution in [0.15, 0.2) is 60.1 Å². The normalized spacial score (nSPS) is 12.2. The van der Waals surface area contributed by atoms with Gasteiger partial charge in [-0.15, -0.1) is 11.3 Å². The summed E-state index contributed by atoms with van der Waals surface area (Å²) in [6.45, 7) is 6.99. The van der Waals surface area contributed by atoms with E-state index in [4.69, 9.17) is 4.98 Å². The Morgan fingerprint density at radius 3 is 2.69 bits per heavy atom. The summed E-state index contributed by atoms with van der Waals surface area (Å²) >= 11 is 1.57. The molecule has 148 valence electrons. The molecule has 1 atom stereocenters. The number of nitrogens with one attached hydrogen (secondary N) is 1. The number of amides is 1. The molecule has 0 aliphatic heterocycles. The first-order valence-electron chi connectivity index (χ1n) is 9.86. The maximum Gasteiger partial charge on any atom is 0.226 e. The Morgan fingerprint density at radius 1 is 1.14 bits per heavy atom. The third kappa shape index (κ3) is 4.25. The molecule has 0 saturated carbocycles. The predicted octanol–water partition coefficient (Wildman–Crippen LogP) is 5.14. The molecule has 4 aromatic rings. The number of aromatic nitrogens is 2. The first kappa shape index (κ1) is 19.4. The molecule has 0 aliphatic rings. The summed E-state index contributed by atoms with van der Waals surface area (Å²) in [6, 6.07) is 16.7. The van der Waals surface area contributed by atoms with E-state index in [9.17, 15) is 4.79 Å². The monoisotopic (exact) mass is 403 g/mol. The number of hydrogen-bond donors (Lipinski definition) is 1. The number of hydrogen-bond acceptors (Lipinski definition) is 3. The number of benzene rings is 2. The van der Waals surface area contributed by atoms with Gasteiger partial charge in [0.05, 0.1) is 12.1 Å². The van der Waals surface area contributed by atoms with Crippen LogP contribution in [0.25, 0.3) is 16.2 Å². The summed E-state index contributed by atoms with van der Waals surface area (Å²) in [5.74, 6) is 0.321. The van der Waals surface area contributed by atoms with Gasteiger partial charge in [0.2, 0.25) is 5.91 Å². The van der Waals surface area contributed by atoms with E-state index in [1.54, 1.807) is 11.3 Å². The molecule has 1 N–H and O–H groups in total. The number of carbonyl (C=O) groups excluding carboxylic acids is 1. The average Bonchev–Trinajstić information content (AvgIpc) is 3.31. The Hall–Kier alpha value is -2.92. The van der Waals surface area contributed by atoms with E-state index in [0.717, 1.165) is 21.9 Å². The molecule has 0 radical (unpaired) electrons. The second-order valence-corrected chi connectivity index (χ2v) is 8.43. The highest BCUT2D eigenvalue weighted by molar-refractivity contribution is 7.15. The van der Waals surface area contributed by atoms with Gasteiger partial charge in [0, 0.05) is 29.4 Å². The van der Waals surface area contributed by atoms with E-state index in [2.05, 4.69) is 56.4 Å². The fraction of sp³-hybridized carbons (Fsp3) is 0.250. The van der Waals surface area contributed by atoms with Crippen molar-refractivity contribution in [2.24, 2.45) is 0 Å². The fourth-order valence-corrected chi connectivity index (χ4v) is 4.26. The van der Waals surface area contributed by atoms with E-state index >= 15 is 0 Å². The Morgan fingerprint density at radius 2 is 1.93 bits per heavy atom. The molecule has 2 aromatic carbocycles. The number of fused-ring (bicyclic) bond motifs is 1. The van der Waals surface area contributed by atoms with Gasteiger partial charge in [0.1, 0.15) is 0 Å². The molecule has 2 aromatic heterocycles. The first-order valence-corrected chi connectivity index (χ1v) is 10.7. The molecule has 0 unspecified atom stereocenters. The second-order valence-electron chi connectivity index (χ2n) is 7.60. The largest absolute Gasteiger partial charge is 0.355 e. The average molecular weight is 404 g/mol. The lowest BCUT2D eigenvalue weighted by molar-refractivity contribution is -0.120. The smallest absolute Gasteiger partial charge is 0.226 e. The highest BCUT2D eigenvalue weighted by Gasteiger charge is 2.14. The lowest BCUT2D eigenvalue weighted by Crippen LogP contribution is -2.29. The van der Waals surface area contributed by atoms with Crippen LogP contribution in [-0.2, 0) is 11.2 Å². The van der Waals surface area contributed by atoms with Crippen molar-refractivity contribution in [2.75, 3.05) is 6.54 Å². The minimum absolute atomic E-state index is 0.0360. The van der Waals surface area contributed by atoms with Gasteiger partial charge in [0.15, 0.2) is 4.96 Å². The number of aryl methyl sites for hydroxylation is 2. The number of carbonyl (C=O) groups is 1. The van der Waals surface area contributed by atoms with Crippen LogP contribution in [0.3, 0.4) is 0 Å². The van der Waals surface area contributed by atoms with Crippen LogP contribution in [-0.4, -0.2) is 21.8 Å². The minimum Gasteiger partial charge on any atom is -0.355 e.